The normalized spacial score (nSPS) is 11.6. The van der Waals surface area contributed by atoms with E-state index in [4.69, 9.17) is 27.9 Å². The van der Waals surface area contributed by atoms with Crippen LogP contribution in [0.15, 0.2) is 66.7 Å². The molecule has 0 spiro atoms. The van der Waals surface area contributed by atoms with Crippen molar-refractivity contribution in [3.63, 3.8) is 0 Å². The fraction of sp³-hybridized carbons (Fsp3) is 0.136. The lowest BCUT2D eigenvalue weighted by molar-refractivity contribution is -0.153. The molecule has 0 amide bonds. The Morgan fingerprint density at radius 3 is 2.26 bits per heavy atom. The molecule has 0 radical (unpaired) electrons. The van der Waals surface area contributed by atoms with Crippen LogP contribution in [-0.4, -0.2) is 22.3 Å². The van der Waals surface area contributed by atoms with Crippen molar-refractivity contribution < 1.29 is 17.9 Å². The molecule has 1 N–H and O–H groups in total. The molecule has 31 heavy (non-hydrogen) atoms. The number of nitrogens with one attached hydrogen (secondary N) is 1. The lowest BCUT2D eigenvalue weighted by Crippen LogP contribution is -2.19. The molecule has 0 aliphatic carbocycles. The van der Waals surface area contributed by atoms with E-state index in [2.05, 4.69) is 10.3 Å². The minimum Gasteiger partial charge on any atom is -0.484 e. The van der Waals surface area contributed by atoms with Crippen molar-refractivity contribution in [1.82, 2.24) is 9.55 Å². The third-order valence-corrected chi connectivity index (χ3v) is 4.96. The predicted octanol–water partition coefficient (Wildman–Crippen LogP) is 6.89. The van der Waals surface area contributed by atoms with Crippen LogP contribution in [0.1, 0.15) is 5.56 Å². The Kier molecular flexibility index (Phi) is 5.98. The summed E-state index contributed by atoms with van der Waals surface area (Å²) in [5, 5.41) is 4.50. The van der Waals surface area contributed by atoms with E-state index in [-0.39, 0.29) is 5.75 Å². The van der Waals surface area contributed by atoms with Crippen LogP contribution < -0.4 is 10.1 Å². The number of hydrogen-bond donors (Lipinski definition) is 1. The average Bonchev–Trinajstić information content (AvgIpc) is 3.09. The van der Waals surface area contributed by atoms with E-state index in [9.17, 15) is 13.2 Å². The largest absolute Gasteiger partial charge is 0.484 e. The van der Waals surface area contributed by atoms with Crippen LogP contribution >= 0.6 is 23.2 Å². The number of hydrogen-bond acceptors (Lipinski definition) is 3. The summed E-state index contributed by atoms with van der Waals surface area (Å²) in [6.45, 7) is -0.842. The summed E-state index contributed by atoms with van der Waals surface area (Å²) in [7, 11) is 0. The molecule has 3 aromatic carbocycles. The maximum absolute atomic E-state index is 12.4. The second-order valence-electron chi connectivity index (χ2n) is 6.78. The molecule has 4 nitrogen and oxygen atoms in total. The average molecular weight is 466 g/mol. The van der Waals surface area contributed by atoms with Gasteiger partial charge in [0.1, 0.15) is 5.75 Å². The summed E-state index contributed by atoms with van der Waals surface area (Å²) in [5.41, 5.74) is 3.19. The van der Waals surface area contributed by atoms with Crippen LogP contribution in [0.5, 0.6) is 5.75 Å². The maximum atomic E-state index is 12.4. The van der Waals surface area contributed by atoms with Crippen LogP contribution in [0.3, 0.4) is 0 Å². The van der Waals surface area contributed by atoms with E-state index in [1.165, 1.54) is 12.1 Å². The zero-order valence-corrected chi connectivity index (χ0v) is 17.5. The van der Waals surface area contributed by atoms with Crippen molar-refractivity contribution in [2.45, 2.75) is 12.7 Å². The van der Waals surface area contributed by atoms with Crippen LogP contribution in [0.25, 0.3) is 16.7 Å². The number of rotatable bonds is 6. The van der Waals surface area contributed by atoms with Crippen molar-refractivity contribution in [2.24, 2.45) is 0 Å². The van der Waals surface area contributed by atoms with E-state index in [1.54, 1.807) is 36.4 Å². The zero-order chi connectivity index (χ0) is 22.0. The number of alkyl halides is 3. The van der Waals surface area contributed by atoms with Crippen LogP contribution in [0, 0.1) is 0 Å². The molecule has 4 aromatic rings. The molecule has 0 aliphatic rings. The molecule has 4 rings (SSSR count). The van der Waals surface area contributed by atoms with Crippen LogP contribution in [-0.2, 0) is 6.54 Å². The molecule has 0 unspecified atom stereocenters. The Balaban J connectivity index is 1.65. The third kappa shape index (κ3) is 5.24. The zero-order valence-electron chi connectivity index (χ0n) is 16.0. The van der Waals surface area contributed by atoms with Gasteiger partial charge >= 0.3 is 6.18 Å². The van der Waals surface area contributed by atoms with Gasteiger partial charge in [0.2, 0.25) is 5.95 Å². The molecule has 0 saturated carbocycles. The minimum absolute atomic E-state index is 0.124. The maximum Gasteiger partial charge on any atom is 0.422 e. The Bertz CT molecular complexity index is 1190. The van der Waals surface area contributed by atoms with Crippen LogP contribution in [0.2, 0.25) is 10.0 Å². The number of fused-ring (bicyclic) bond motifs is 1. The lowest BCUT2D eigenvalue weighted by Gasteiger charge is -2.13. The van der Waals surface area contributed by atoms with Crippen molar-refractivity contribution in [3.8, 4) is 11.4 Å². The van der Waals surface area contributed by atoms with Gasteiger partial charge in [-0.3, -0.25) is 4.57 Å². The fourth-order valence-electron chi connectivity index (χ4n) is 3.07. The van der Waals surface area contributed by atoms with Gasteiger partial charge in [0, 0.05) is 22.3 Å². The van der Waals surface area contributed by atoms with Crippen LogP contribution in [0.4, 0.5) is 19.1 Å². The summed E-state index contributed by atoms with van der Waals surface area (Å²) in [6, 6.07) is 19.1. The van der Waals surface area contributed by atoms with Crippen molar-refractivity contribution >= 4 is 40.2 Å². The highest BCUT2D eigenvalue weighted by atomic mass is 35.5. The van der Waals surface area contributed by atoms with Crippen molar-refractivity contribution in [2.75, 3.05) is 11.9 Å². The van der Waals surface area contributed by atoms with Gasteiger partial charge in [0.25, 0.3) is 0 Å². The summed E-state index contributed by atoms with van der Waals surface area (Å²) in [6.07, 6.45) is -4.39. The molecule has 1 heterocycles. The number of nitrogens with zero attached hydrogens (tertiary/aromatic N) is 2. The molecule has 0 bridgehead atoms. The van der Waals surface area contributed by atoms with Gasteiger partial charge in [-0.05, 0) is 60.2 Å². The van der Waals surface area contributed by atoms with Gasteiger partial charge in [-0.1, -0.05) is 35.3 Å². The second kappa shape index (κ2) is 8.69. The van der Waals surface area contributed by atoms with Gasteiger partial charge in [-0.25, -0.2) is 4.98 Å². The molecular weight excluding hydrogens is 450 g/mol. The Hall–Kier alpha value is -2.90. The first-order chi connectivity index (χ1) is 14.8. The highest BCUT2D eigenvalue weighted by Crippen LogP contribution is 2.29. The lowest BCUT2D eigenvalue weighted by atomic mass is 10.2. The third-order valence-electron chi connectivity index (χ3n) is 4.48. The minimum atomic E-state index is -4.39. The summed E-state index contributed by atoms with van der Waals surface area (Å²) in [4.78, 5) is 4.64. The van der Waals surface area contributed by atoms with Gasteiger partial charge in [0.05, 0.1) is 11.0 Å². The number of ether oxygens (including phenoxy) is 1. The monoisotopic (exact) mass is 465 g/mol. The smallest absolute Gasteiger partial charge is 0.422 e. The SMILES string of the molecule is FC(F)(F)COc1ccc(-n2c(NCc3ccc(Cl)cc3)nc3ccc(Cl)cc32)cc1. The van der Waals surface area contributed by atoms with Crippen molar-refractivity contribution in [1.29, 1.82) is 0 Å². The van der Waals surface area contributed by atoms with E-state index < -0.39 is 12.8 Å². The Labute approximate surface area is 186 Å². The molecule has 0 fully saturated rings. The van der Waals surface area contributed by atoms with Crippen molar-refractivity contribution in [3.05, 3.63) is 82.3 Å². The summed E-state index contributed by atoms with van der Waals surface area (Å²) >= 11 is 12.1. The molecule has 9 heteroatoms. The highest BCUT2D eigenvalue weighted by Gasteiger charge is 2.28. The van der Waals surface area contributed by atoms with Gasteiger partial charge in [-0.2, -0.15) is 13.2 Å². The second-order valence-corrected chi connectivity index (χ2v) is 7.65. The molecule has 160 valence electrons. The predicted molar refractivity (Wildman–Crippen MR) is 116 cm³/mol. The molecule has 0 atom stereocenters. The van der Waals surface area contributed by atoms with E-state index >= 15 is 0 Å². The first kappa shape index (κ1) is 21.3. The topological polar surface area (TPSA) is 39.1 Å². The van der Waals surface area contributed by atoms with E-state index in [0.29, 0.717) is 28.2 Å². The summed E-state index contributed by atoms with van der Waals surface area (Å²) in [5.74, 6) is 0.690. The Morgan fingerprint density at radius 1 is 0.903 bits per heavy atom. The molecule has 0 aliphatic heterocycles. The number of imidazole rings is 1. The number of aromatic nitrogens is 2. The standard InChI is InChI=1S/C22H16Cl2F3N3O/c23-15-3-1-14(2-4-15)12-28-21-29-19-10-5-16(24)11-20(19)30(21)17-6-8-18(9-7-17)31-13-22(25,26)27/h1-11H,12-13H2,(H,28,29). The first-order valence-electron chi connectivity index (χ1n) is 9.25. The van der Waals surface area contributed by atoms with Gasteiger partial charge in [-0.15, -0.1) is 0 Å². The number of benzene rings is 3. The highest BCUT2D eigenvalue weighted by molar-refractivity contribution is 6.31. The van der Waals surface area contributed by atoms with Gasteiger partial charge in [0.15, 0.2) is 6.61 Å². The number of halogens is 5. The molecule has 1 aromatic heterocycles. The fourth-order valence-corrected chi connectivity index (χ4v) is 3.36. The van der Waals surface area contributed by atoms with Gasteiger partial charge < -0.3 is 10.1 Å². The Morgan fingerprint density at radius 2 is 1.58 bits per heavy atom. The summed E-state index contributed by atoms with van der Waals surface area (Å²) < 4.78 is 43.8. The molecular formula is C22H16Cl2F3N3O. The first-order valence-corrected chi connectivity index (χ1v) is 10.0. The molecule has 0 saturated heterocycles. The van der Waals surface area contributed by atoms with E-state index in [1.807, 2.05) is 22.8 Å². The quantitative estimate of drug-likeness (QED) is 0.337. The number of anilines is 1. The van der Waals surface area contributed by atoms with E-state index in [0.717, 1.165) is 16.6 Å².